The molecule has 35 heavy (non-hydrogen) atoms. The number of amides is 2. The average Bonchev–Trinajstić information content (AvgIpc) is 2.77. The SMILES string of the molecule is COc1cccc(C(C(=O)NC(C)(C)C)N(CCO)C(=O)CCNS(=O)(=O)c2ccc(C)cc2)c1. The number of aliphatic hydroxyl groups excluding tert-OH is 1. The number of carbonyl (C=O) groups excluding carboxylic acids is 2. The van der Waals surface area contributed by atoms with Crippen molar-refractivity contribution in [2.75, 3.05) is 26.8 Å². The molecule has 0 heterocycles. The Morgan fingerprint density at radius 2 is 1.77 bits per heavy atom. The molecule has 1 atom stereocenters. The Hall–Kier alpha value is -2.95. The molecule has 2 amide bonds. The third-order valence-electron chi connectivity index (χ3n) is 5.09. The molecular formula is C25H35N3O6S. The minimum absolute atomic E-state index is 0.0987. The highest BCUT2D eigenvalue weighted by atomic mass is 32.2. The first-order valence-electron chi connectivity index (χ1n) is 11.3. The van der Waals surface area contributed by atoms with E-state index in [1.165, 1.54) is 24.1 Å². The number of carbonyl (C=O) groups is 2. The molecule has 3 N–H and O–H groups in total. The van der Waals surface area contributed by atoms with Gasteiger partial charge in [-0.2, -0.15) is 0 Å². The molecule has 2 aromatic rings. The van der Waals surface area contributed by atoms with Gasteiger partial charge in [0.25, 0.3) is 0 Å². The van der Waals surface area contributed by atoms with Crippen LogP contribution in [0.5, 0.6) is 5.75 Å². The molecule has 0 aliphatic carbocycles. The molecule has 0 aromatic heterocycles. The van der Waals surface area contributed by atoms with Crippen LogP contribution in [0.25, 0.3) is 0 Å². The highest BCUT2D eigenvalue weighted by Gasteiger charge is 2.33. The van der Waals surface area contributed by atoms with Gasteiger partial charge >= 0.3 is 0 Å². The minimum atomic E-state index is -3.80. The van der Waals surface area contributed by atoms with Crippen molar-refractivity contribution >= 4 is 21.8 Å². The summed E-state index contributed by atoms with van der Waals surface area (Å²) in [6, 6.07) is 12.1. The standard InChI is InChI=1S/C25H35N3O6S/c1-18-9-11-21(12-10-18)35(32,33)26-14-13-22(30)28(15-16-29)23(24(31)27-25(2,3)4)19-7-6-8-20(17-19)34-5/h6-12,17,23,26,29H,13-16H2,1-5H3,(H,27,31). The Morgan fingerprint density at radius 1 is 1.11 bits per heavy atom. The Labute approximate surface area is 207 Å². The molecule has 0 saturated carbocycles. The van der Waals surface area contributed by atoms with Crippen molar-refractivity contribution in [2.45, 2.75) is 50.6 Å². The number of aliphatic hydroxyl groups is 1. The number of sulfonamides is 1. The summed E-state index contributed by atoms with van der Waals surface area (Å²) in [6.07, 6.45) is -0.200. The summed E-state index contributed by atoms with van der Waals surface area (Å²) in [6.45, 7) is 6.69. The second-order valence-corrected chi connectivity index (χ2v) is 11.0. The monoisotopic (exact) mass is 505 g/mol. The molecule has 1 unspecified atom stereocenters. The van der Waals surface area contributed by atoms with E-state index < -0.39 is 33.4 Å². The first-order chi connectivity index (χ1) is 16.4. The van der Waals surface area contributed by atoms with Gasteiger partial charge in [-0.1, -0.05) is 29.8 Å². The van der Waals surface area contributed by atoms with Crippen LogP contribution in [-0.4, -0.2) is 62.6 Å². The average molecular weight is 506 g/mol. The van der Waals surface area contributed by atoms with Gasteiger partial charge in [0.1, 0.15) is 11.8 Å². The molecule has 0 saturated heterocycles. The highest BCUT2D eigenvalue weighted by Crippen LogP contribution is 2.26. The fourth-order valence-electron chi connectivity index (χ4n) is 3.46. The van der Waals surface area contributed by atoms with Gasteiger partial charge in [-0.15, -0.1) is 0 Å². The summed E-state index contributed by atoms with van der Waals surface area (Å²) in [5.41, 5.74) is 0.871. The second kappa shape index (κ2) is 12.1. The highest BCUT2D eigenvalue weighted by molar-refractivity contribution is 7.89. The summed E-state index contributed by atoms with van der Waals surface area (Å²) in [4.78, 5) is 27.9. The van der Waals surface area contributed by atoms with Gasteiger partial charge in [-0.05, 0) is 57.5 Å². The van der Waals surface area contributed by atoms with Crippen LogP contribution >= 0.6 is 0 Å². The molecule has 9 nitrogen and oxygen atoms in total. The van der Waals surface area contributed by atoms with E-state index in [0.717, 1.165) is 5.56 Å². The predicted octanol–water partition coefficient (Wildman–Crippen LogP) is 2.15. The van der Waals surface area contributed by atoms with Crippen molar-refractivity contribution in [1.29, 1.82) is 0 Å². The topological polar surface area (TPSA) is 125 Å². The maximum atomic E-state index is 13.3. The predicted molar refractivity (Wildman–Crippen MR) is 133 cm³/mol. The number of benzene rings is 2. The van der Waals surface area contributed by atoms with E-state index in [9.17, 15) is 23.1 Å². The van der Waals surface area contributed by atoms with Crippen molar-refractivity contribution < 1.29 is 27.9 Å². The van der Waals surface area contributed by atoms with Gasteiger partial charge < -0.3 is 20.1 Å². The van der Waals surface area contributed by atoms with Gasteiger partial charge in [-0.25, -0.2) is 13.1 Å². The third kappa shape index (κ3) is 8.34. The van der Waals surface area contributed by atoms with Crippen molar-refractivity contribution in [3.63, 3.8) is 0 Å². The van der Waals surface area contributed by atoms with E-state index >= 15 is 0 Å². The van der Waals surface area contributed by atoms with Crippen molar-refractivity contribution in [2.24, 2.45) is 0 Å². The molecule has 10 heteroatoms. The van der Waals surface area contributed by atoms with E-state index in [1.807, 2.05) is 27.7 Å². The van der Waals surface area contributed by atoms with Crippen LogP contribution in [0.1, 0.15) is 44.4 Å². The number of ether oxygens (including phenoxy) is 1. The first kappa shape index (κ1) is 28.3. The molecular weight excluding hydrogens is 470 g/mol. The lowest BCUT2D eigenvalue weighted by Gasteiger charge is -2.33. The molecule has 0 spiro atoms. The van der Waals surface area contributed by atoms with E-state index in [1.54, 1.807) is 36.4 Å². The molecule has 0 aliphatic rings. The largest absolute Gasteiger partial charge is 0.497 e. The van der Waals surface area contributed by atoms with Crippen LogP contribution in [0.3, 0.4) is 0 Å². The number of nitrogens with one attached hydrogen (secondary N) is 2. The maximum absolute atomic E-state index is 13.3. The first-order valence-corrected chi connectivity index (χ1v) is 12.8. The molecule has 2 rings (SSSR count). The van der Waals surface area contributed by atoms with E-state index in [0.29, 0.717) is 11.3 Å². The Kier molecular flexibility index (Phi) is 9.82. The van der Waals surface area contributed by atoms with E-state index in [2.05, 4.69) is 10.0 Å². The summed E-state index contributed by atoms with van der Waals surface area (Å²) in [5, 5.41) is 12.5. The van der Waals surface area contributed by atoms with Gasteiger partial charge in [0.2, 0.25) is 21.8 Å². The molecule has 2 aromatic carbocycles. The second-order valence-electron chi connectivity index (χ2n) is 9.19. The van der Waals surface area contributed by atoms with E-state index in [-0.39, 0.29) is 31.0 Å². The number of hydrogen-bond donors (Lipinski definition) is 3. The lowest BCUT2D eigenvalue weighted by atomic mass is 10.0. The van der Waals surface area contributed by atoms with Crippen molar-refractivity contribution in [3.05, 3.63) is 59.7 Å². The van der Waals surface area contributed by atoms with Crippen LogP contribution in [0.4, 0.5) is 0 Å². The summed E-state index contributed by atoms with van der Waals surface area (Å²) < 4.78 is 32.8. The molecule has 0 aliphatic heterocycles. The Balaban J connectivity index is 2.26. The maximum Gasteiger partial charge on any atom is 0.247 e. The van der Waals surface area contributed by atoms with Crippen LogP contribution < -0.4 is 14.8 Å². The minimum Gasteiger partial charge on any atom is -0.497 e. The molecule has 0 radical (unpaired) electrons. The zero-order chi connectivity index (χ0) is 26.2. The van der Waals surface area contributed by atoms with Crippen LogP contribution in [0.15, 0.2) is 53.4 Å². The quantitative estimate of drug-likeness (QED) is 0.430. The number of methoxy groups -OCH3 is 1. The number of rotatable bonds is 11. The normalized spacial score (nSPS) is 12.6. The number of hydrogen-bond acceptors (Lipinski definition) is 6. The lowest BCUT2D eigenvalue weighted by Crippen LogP contribution is -2.50. The van der Waals surface area contributed by atoms with Crippen molar-refractivity contribution in [1.82, 2.24) is 14.9 Å². The molecule has 192 valence electrons. The fraction of sp³-hybridized carbons (Fsp3) is 0.440. The number of aryl methyl sites for hydroxylation is 1. The third-order valence-corrected chi connectivity index (χ3v) is 6.57. The lowest BCUT2D eigenvalue weighted by molar-refractivity contribution is -0.142. The van der Waals surface area contributed by atoms with E-state index in [4.69, 9.17) is 4.74 Å². The molecule has 0 fully saturated rings. The van der Waals surface area contributed by atoms with Gasteiger partial charge in [0, 0.05) is 25.0 Å². The zero-order valence-corrected chi connectivity index (χ0v) is 21.7. The smallest absolute Gasteiger partial charge is 0.247 e. The van der Waals surface area contributed by atoms with Gasteiger partial charge in [0.05, 0.1) is 18.6 Å². The Morgan fingerprint density at radius 3 is 2.34 bits per heavy atom. The fourth-order valence-corrected chi connectivity index (χ4v) is 4.50. The van der Waals surface area contributed by atoms with Gasteiger partial charge in [-0.3, -0.25) is 9.59 Å². The zero-order valence-electron chi connectivity index (χ0n) is 20.9. The summed E-state index contributed by atoms with van der Waals surface area (Å²) in [7, 11) is -2.30. The Bertz CT molecular complexity index is 1110. The van der Waals surface area contributed by atoms with Crippen LogP contribution in [0, 0.1) is 6.92 Å². The summed E-state index contributed by atoms with van der Waals surface area (Å²) >= 11 is 0. The number of nitrogens with zero attached hydrogens (tertiary/aromatic N) is 1. The van der Waals surface area contributed by atoms with Crippen molar-refractivity contribution in [3.8, 4) is 5.75 Å². The summed E-state index contributed by atoms with van der Waals surface area (Å²) in [5.74, 6) is -0.395. The van der Waals surface area contributed by atoms with Crippen LogP contribution in [0.2, 0.25) is 0 Å². The van der Waals surface area contributed by atoms with Crippen LogP contribution in [-0.2, 0) is 19.6 Å². The molecule has 0 bridgehead atoms. The van der Waals surface area contributed by atoms with Gasteiger partial charge in [0.15, 0.2) is 0 Å².